The molecule has 1 saturated carbocycles. The first-order chi connectivity index (χ1) is 15.7. The number of fused-ring (bicyclic) bond motifs is 1. The number of nitrogen functional groups attached to an aromatic ring is 1. The van der Waals surface area contributed by atoms with Crippen LogP contribution < -0.4 is 15.8 Å². The topological polar surface area (TPSA) is 128 Å². The summed E-state index contributed by atoms with van der Waals surface area (Å²) in [5.41, 5.74) is 6.80. The monoisotopic (exact) mass is 448 g/mol. The summed E-state index contributed by atoms with van der Waals surface area (Å²) in [7, 11) is 1.60. The maximum Gasteiger partial charge on any atom is 0.227 e. The first-order valence-electron chi connectivity index (χ1n) is 10.9. The van der Waals surface area contributed by atoms with Gasteiger partial charge in [-0.25, -0.2) is 15.0 Å². The third-order valence-corrected chi connectivity index (χ3v) is 5.73. The molecular weight excluding hydrogens is 420 g/mol. The molecule has 172 valence electrons. The van der Waals surface area contributed by atoms with E-state index in [1.54, 1.807) is 27.3 Å². The summed E-state index contributed by atoms with van der Waals surface area (Å²) in [6.45, 7) is 3.18. The number of anilines is 2. The van der Waals surface area contributed by atoms with Gasteiger partial charge in [0.25, 0.3) is 0 Å². The summed E-state index contributed by atoms with van der Waals surface area (Å²) >= 11 is 0. The molecule has 2 heterocycles. The highest BCUT2D eigenvalue weighted by Crippen LogP contribution is 2.35. The molecule has 0 bridgehead atoms. The number of rotatable bonds is 4. The maximum atomic E-state index is 12.8. The molecule has 1 fully saturated rings. The molecule has 0 saturated heterocycles. The molecular formula is C24H28N6O3. The van der Waals surface area contributed by atoms with Gasteiger partial charge in [-0.05, 0) is 57.6 Å². The predicted octanol–water partition coefficient (Wildman–Crippen LogP) is 2.91. The Kier molecular flexibility index (Phi) is 6.20. The van der Waals surface area contributed by atoms with Gasteiger partial charge in [0.05, 0.1) is 13.4 Å². The smallest absolute Gasteiger partial charge is 0.227 e. The fraction of sp³-hybridized carbons (Fsp3) is 0.417. The number of benzene rings is 1. The predicted molar refractivity (Wildman–Crippen MR) is 126 cm³/mol. The lowest BCUT2D eigenvalue weighted by Crippen LogP contribution is -2.28. The Bertz CT molecular complexity index is 1230. The van der Waals surface area contributed by atoms with Gasteiger partial charge < -0.3 is 25.5 Å². The number of carbonyl (C=O) groups is 1. The summed E-state index contributed by atoms with van der Waals surface area (Å²) in [6, 6.07) is 7.51. The SMILES string of the molecule is COc1cccc(NC(=O)[C@H]2CC[C@@H](n3cnc4c(N)nc(C#CC(C)(C)O)nc43)CC2)c1. The van der Waals surface area contributed by atoms with Crippen LogP contribution >= 0.6 is 0 Å². The van der Waals surface area contributed by atoms with Crippen LogP contribution in [0.5, 0.6) is 5.75 Å². The quantitative estimate of drug-likeness (QED) is 0.524. The Hall–Kier alpha value is -3.64. The van der Waals surface area contributed by atoms with E-state index in [-0.39, 0.29) is 29.5 Å². The van der Waals surface area contributed by atoms with Crippen molar-refractivity contribution in [2.45, 2.75) is 51.2 Å². The molecule has 0 aliphatic heterocycles. The van der Waals surface area contributed by atoms with Crippen molar-refractivity contribution in [3.63, 3.8) is 0 Å². The Labute approximate surface area is 192 Å². The average Bonchev–Trinajstić information content (AvgIpc) is 3.22. The average molecular weight is 449 g/mol. The number of amides is 1. The largest absolute Gasteiger partial charge is 0.497 e. The molecule has 2 aromatic heterocycles. The van der Waals surface area contributed by atoms with Gasteiger partial charge in [0.15, 0.2) is 11.5 Å². The number of methoxy groups -OCH3 is 1. The molecule has 0 spiro atoms. The van der Waals surface area contributed by atoms with E-state index in [9.17, 15) is 9.90 Å². The van der Waals surface area contributed by atoms with Crippen LogP contribution in [0.3, 0.4) is 0 Å². The number of aromatic nitrogens is 4. The van der Waals surface area contributed by atoms with Crippen molar-refractivity contribution in [1.29, 1.82) is 0 Å². The fourth-order valence-corrected chi connectivity index (χ4v) is 4.03. The maximum absolute atomic E-state index is 12.8. The van der Waals surface area contributed by atoms with E-state index in [0.717, 1.165) is 31.4 Å². The minimum absolute atomic E-state index is 0.0212. The van der Waals surface area contributed by atoms with E-state index in [4.69, 9.17) is 10.5 Å². The van der Waals surface area contributed by atoms with Gasteiger partial charge >= 0.3 is 0 Å². The second kappa shape index (κ2) is 9.08. The molecule has 3 aromatic rings. The van der Waals surface area contributed by atoms with E-state index in [2.05, 4.69) is 32.1 Å². The highest BCUT2D eigenvalue weighted by atomic mass is 16.5. The first kappa shape index (κ1) is 22.6. The number of aliphatic hydroxyl groups is 1. The molecule has 9 nitrogen and oxygen atoms in total. The van der Waals surface area contributed by atoms with Gasteiger partial charge in [-0.2, -0.15) is 0 Å². The van der Waals surface area contributed by atoms with Gasteiger partial charge in [0.1, 0.15) is 16.9 Å². The summed E-state index contributed by atoms with van der Waals surface area (Å²) < 4.78 is 7.22. The van der Waals surface area contributed by atoms with Gasteiger partial charge in [-0.15, -0.1) is 0 Å². The van der Waals surface area contributed by atoms with Crippen LogP contribution in [0.15, 0.2) is 30.6 Å². The zero-order valence-electron chi connectivity index (χ0n) is 19.0. The Morgan fingerprint density at radius 2 is 2.03 bits per heavy atom. The number of hydrogen-bond donors (Lipinski definition) is 3. The third kappa shape index (κ3) is 5.23. The minimum Gasteiger partial charge on any atom is -0.497 e. The standard InChI is InChI=1S/C24H28N6O3/c1-24(2,32)12-11-19-28-21(25)20-22(29-19)30(14-26-20)17-9-7-15(8-10-17)23(31)27-16-5-4-6-18(13-16)33-3/h4-6,13-15,17,32H,7-10H2,1-3H3,(H,27,31)(H2,25,28,29)/t15-,17+. The molecule has 33 heavy (non-hydrogen) atoms. The Morgan fingerprint density at radius 1 is 1.27 bits per heavy atom. The lowest BCUT2D eigenvalue weighted by atomic mass is 9.85. The van der Waals surface area contributed by atoms with Crippen molar-refractivity contribution >= 4 is 28.6 Å². The normalized spacial score (nSPS) is 18.4. The van der Waals surface area contributed by atoms with Crippen LogP contribution in [0.4, 0.5) is 11.5 Å². The summed E-state index contributed by atoms with van der Waals surface area (Å²) in [6.07, 6.45) is 4.87. The second-order valence-corrected chi connectivity index (χ2v) is 8.79. The minimum atomic E-state index is -1.16. The fourth-order valence-electron chi connectivity index (χ4n) is 4.03. The Morgan fingerprint density at radius 3 is 2.73 bits per heavy atom. The van der Waals surface area contributed by atoms with Crippen molar-refractivity contribution < 1.29 is 14.6 Å². The number of nitrogens with one attached hydrogen (secondary N) is 1. The zero-order chi connectivity index (χ0) is 23.6. The van der Waals surface area contributed by atoms with Crippen molar-refractivity contribution in [3.8, 4) is 17.6 Å². The number of imidazole rings is 1. The van der Waals surface area contributed by atoms with E-state index >= 15 is 0 Å². The van der Waals surface area contributed by atoms with Crippen LogP contribution in [0.25, 0.3) is 11.2 Å². The first-order valence-corrected chi connectivity index (χ1v) is 10.9. The highest BCUT2D eigenvalue weighted by molar-refractivity contribution is 5.92. The molecule has 9 heteroatoms. The number of hydrogen-bond acceptors (Lipinski definition) is 7. The zero-order valence-corrected chi connectivity index (χ0v) is 19.0. The highest BCUT2D eigenvalue weighted by Gasteiger charge is 2.28. The second-order valence-electron chi connectivity index (χ2n) is 8.79. The van der Waals surface area contributed by atoms with E-state index in [0.29, 0.717) is 16.9 Å². The molecule has 0 atom stereocenters. The van der Waals surface area contributed by atoms with Crippen molar-refractivity contribution in [2.24, 2.45) is 5.92 Å². The number of nitrogens with zero attached hydrogens (tertiary/aromatic N) is 4. The molecule has 0 unspecified atom stereocenters. The summed E-state index contributed by atoms with van der Waals surface area (Å²) in [5.74, 6) is 6.66. The van der Waals surface area contributed by atoms with Crippen molar-refractivity contribution in [1.82, 2.24) is 19.5 Å². The van der Waals surface area contributed by atoms with Gasteiger partial charge in [0, 0.05) is 23.7 Å². The molecule has 4 rings (SSSR count). The van der Waals surface area contributed by atoms with Gasteiger partial charge in [-0.3, -0.25) is 4.79 Å². The molecule has 1 amide bonds. The lowest BCUT2D eigenvalue weighted by molar-refractivity contribution is -0.121. The molecule has 4 N–H and O–H groups in total. The summed E-state index contributed by atoms with van der Waals surface area (Å²) in [5, 5.41) is 12.8. The molecule has 0 radical (unpaired) electrons. The number of ether oxygens (including phenoxy) is 1. The van der Waals surface area contributed by atoms with Crippen LogP contribution in [0.1, 0.15) is 51.4 Å². The van der Waals surface area contributed by atoms with Crippen LogP contribution in [0.2, 0.25) is 0 Å². The van der Waals surface area contributed by atoms with Crippen LogP contribution in [0, 0.1) is 17.8 Å². The van der Waals surface area contributed by atoms with Crippen LogP contribution in [-0.4, -0.2) is 43.2 Å². The third-order valence-electron chi connectivity index (χ3n) is 5.73. The van der Waals surface area contributed by atoms with E-state index < -0.39 is 5.60 Å². The van der Waals surface area contributed by atoms with Crippen molar-refractivity contribution in [2.75, 3.05) is 18.2 Å². The van der Waals surface area contributed by atoms with Gasteiger partial charge in [0.2, 0.25) is 11.7 Å². The van der Waals surface area contributed by atoms with Gasteiger partial charge in [-0.1, -0.05) is 12.0 Å². The molecule has 1 aromatic carbocycles. The molecule has 1 aliphatic rings. The number of nitrogens with two attached hydrogens (primary N) is 1. The van der Waals surface area contributed by atoms with E-state index in [1.807, 2.05) is 28.8 Å². The van der Waals surface area contributed by atoms with E-state index in [1.165, 1.54) is 0 Å². The lowest BCUT2D eigenvalue weighted by Gasteiger charge is -2.28. The Balaban J connectivity index is 1.47. The number of carbonyl (C=O) groups excluding carboxylic acids is 1. The summed E-state index contributed by atoms with van der Waals surface area (Å²) in [4.78, 5) is 25.9. The van der Waals surface area contributed by atoms with Crippen LogP contribution in [-0.2, 0) is 4.79 Å². The van der Waals surface area contributed by atoms with Crippen molar-refractivity contribution in [3.05, 3.63) is 36.4 Å². The molecule has 1 aliphatic carbocycles.